The van der Waals surface area contributed by atoms with Crippen LogP contribution in [-0.2, 0) is 9.59 Å². The molecular formula is C24H27N5O2S. The van der Waals surface area contributed by atoms with Gasteiger partial charge in [0, 0.05) is 24.3 Å². The maximum Gasteiger partial charge on any atom is 0.239 e. The van der Waals surface area contributed by atoms with Crippen molar-refractivity contribution in [2.75, 3.05) is 19.3 Å². The van der Waals surface area contributed by atoms with Crippen LogP contribution in [0.4, 0.5) is 0 Å². The summed E-state index contributed by atoms with van der Waals surface area (Å²) >= 11 is 1.32. The zero-order valence-corrected chi connectivity index (χ0v) is 19.4. The Kier molecular flexibility index (Phi) is 6.60. The monoisotopic (exact) mass is 449 g/mol. The Bertz CT molecular complexity index is 1100. The largest absolute Gasteiger partial charge is 0.352 e. The molecule has 0 aliphatic heterocycles. The van der Waals surface area contributed by atoms with E-state index in [4.69, 9.17) is 0 Å². The van der Waals surface area contributed by atoms with E-state index in [0.717, 1.165) is 35.5 Å². The molecule has 0 unspecified atom stereocenters. The van der Waals surface area contributed by atoms with E-state index in [0.29, 0.717) is 5.16 Å². The van der Waals surface area contributed by atoms with Crippen LogP contribution < -0.4 is 5.32 Å². The van der Waals surface area contributed by atoms with E-state index < -0.39 is 0 Å². The maximum atomic E-state index is 12.6. The van der Waals surface area contributed by atoms with E-state index in [1.165, 1.54) is 22.2 Å². The number of benzene rings is 2. The van der Waals surface area contributed by atoms with Gasteiger partial charge in [-0.25, -0.2) is 0 Å². The van der Waals surface area contributed by atoms with Gasteiger partial charge in [0.05, 0.1) is 12.3 Å². The fourth-order valence-corrected chi connectivity index (χ4v) is 4.11. The predicted molar refractivity (Wildman–Crippen MR) is 126 cm³/mol. The number of rotatable bonds is 8. The normalized spacial score (nSPS) is 13.1. The summed E-state index contributed by atoms with van der Waals surface area (Å²) in [5.74, 6) is 0.653. The second kappa shape index (κ2) is 9.56. The van der Waals surface area contributed by atoms with Gasteiger partial charge in [0.2, 0.25) is 11.8 Å². The fourth-order valence-electron chi connectivity index (χ4n) is 3.22. The molecule has 1 fully saturated rings. The first kappa shape index (κ1) is 22.1. The number of aromatic nitrogens is 3. The lowest BCUT2D eigenvalue weighted by Gasteiger charge is -2.16. The van der Waals surface area contributed by atoms with Crippen LogP contribution >= 0.6 is 11.8 Å². The summed E-state index contributed by atoms with van der Waals surface area (Å²) in [5.41, 5.74) is 4.22. The topological polar surface area (TPSA) is 80.1 Å². The second-order valence-corrected chi connectivity index (χ2v) is 9.17. The predicted octanol–water partition coefficient (Wildman–Crippen LogP) is 3.38. The number of carbonyl (C=O) groups excluding carboxylic acids is 2. The summed E-state index contributed by atoms with van der Waals surface area (Å²) in [6.07, 6.45) is 2.05. The lowest BCUT2D eigenvalue weighted by molar-refractivity contribution is -0.132. The first-order valence-corrected chi connectivity index (χ1v) is 11.6. The van der Waals surface area contributed by atoms with E-state index in [-0.39, 0.29) is 30.2 Å². The van der Waals surface area contributed by atoms with Gasteiger partial charge in [-0.1, -0.05) is 59.3 Å². The quantitative estimate of drug-likeness (QED) is 0.534. The molecule has 166 valence electrons. The van der Waals surface area contributed by atoms with E-state index in [1.807, 2.05) is 66.9 Å². The Labute approximate surface area is 192 Å². The molecule has 8 heteroatoms. The summed E-state index contributed by atoms with van der Waals surface area (Å²) in [6.45, 7) is 4.15. The maximum absolute atomic E-state index is 12.6. The molecular weight excluding hydrogens is 422 g/mol. The Balaban J connectivity index is 1.52. The molecule has 0 bridgehead atoms. The summed E-state index contributed by atoms with van der Waals surface area (Å²) in [4.78, 5) is 26.1. The van der Waals surface area contributed by atoms with Crippen molar-refractivity contribution in [1.29, 1.82) is 0 Å². The van der Waals surface area contributed by atoms with Crippen LogP contribution in [-0.4, -0.2) is 56.9 Å². The van der Waals surface area contributed by atoms with Crippen LogP contribution in [0, 0.1) is 13.8 Å². The molecule has 0 spiro atoms. The Hall–Kier alpha value is -3.13. The molecule has 2 aromatic carbocycles. The average Bonchev–Trinajstić information content (AvgIpc) is 3.49. The number of nitrogens with zero attached hydrogens (tertiary/aromatic N) is 4. The van der Waals surface area contributed by atoms with Crippen molar-refractivity contribution in [2.24, 2.45) is 0 Å². The Morgan fingerprint density at radius 1 is 1.03 bits per heavy atom. The number of nitrogens with one attached hydrogen (secondary N) is 1. The summed E-state index contributed by atoms with van der Waals surface area (Å²) in [6, 6.07) is 16.6. The van der Waals surface area contributed by atoms with Crippen LogP contribution in [0.5, 0.6) is 0 Å². The molecule has 32 heavy (non-hydrogen) atoms. The van der Waals surface area contributed by atoms with Crippen molar-refractivity contribution < 1.29 is 9.59 Å². The number of likely N-dealkylation sites (N-methyl/N-ethyl adjacent to an activating group) is 1. The van der Waals surface area contributed by atoms with Gasteiger partial charge in [0.1, 0.15) is 0 Å². The van der Waals surface area contributed by atoms with Crippen LogP contribution in [0.2, 0.25) is 0 Å². The van der Waals surface area contributed by atoms with Gasteiger partial charge in [-0.05, 0) is 38.8 Å². The van der Waals surface area contributed by atoms with Crippen molar-refractivity contribution in [2.45, 2.75) is 37.9 Å². The second-order valence-electron chi connectivity index (χ2n) is 8.22. The van der Waals surface area contributed by atoms with Gasteiger partial charge in [0.15, 0.2) is 11.0 Å². The molecule has 1 aromatic heterocycles. The zero-order valence-electron chi connectivity index (χ0n) is 18.5. The van der Waals surface area contributed by atoms with Crippen LogP contribution in [0.25, 0.3) is 17.1 Å². The van der Waals surface area contributed by atoms with Gasteiger partial charge in [0.25, 0.3) is 0 Å². The molecule has 0 radical (unpaired) electrons. The molecule has 1 heterocycles. The summed E-state index contributed by atoms with van der Waals surface area (Å²) in [5, 5.41) is 12.3. The minimum absolute atomic E-state index is 0.0646. The molecule has 2 amide bonds. The van der Waals surface area contributed by atoms with Gasteiger partial charge < -0.3 is 10.2 Å². The lowest BCUT2D eigenvalue weighted by atomic mass is 10.1. The van der Waals surface area contributed by atoms with Gasteiger partial charge in [-0.15, -0.1) is 10.2 Å². The Morgan fingerprint density at radius 3 is 2.28 bits per heavy atom. The highest BCUT2D eigenvalue weighted by Crippen LogP contribution is 2.28. The third-order valence-corrected chi connectivity index (χ3v) is 6.22. The van der Waals surface area contributed by atoms with E-state index in [2.05, 4.69) is 15.5 Å². The highest BCUT2D eigenvalue weighted by Gasteiger charge is 2.24. The van der Waals surface area contributed by atoms with E-state index >= 15 is 0 Å². The molecule has 1 aliphatic carbocycles. The standard InChI is InChI=1S/C24H27N5O2S/c1-16-4-8-18(9-5-16)23-26-27-24(29(23)20-12-6-17(2)7-13-20)32-15-22(31)28(3)14-21(30)25-19-10-11-19/h4-9,12-13,19H,10-11,14-15H2,1-3H3,(H,25,30). The summed E-state index contributed by atoms with van der Waals surface area (Å²) in [7, 11) is 1.65. The highest BCUT2D eigenvalue weighted by atomic mass is 32.2. The van der Waals surface area contributed by atoms with E-state index in [9.17, 15) is 9.59 Å². The van der Waals surface area contributed by atoms with Crippen molar-refractivity contribution in [3.05, 3.63) is 59.7 Å². The molecule has 7 nitrogen and oxygen atoms in total. The third-order valence-electron chi connectivity index (χ3n) is 5.31. The molecule has 4 rings (SSSR count). The minimum atomic E-state index is -0.128. The molecule has 0 saturated heterocycles. The number of hydrogen-bond donors (Lipinski definition) is 1. The van der Waals surface area contributed by atoms with Gasteiger partial charge in [-0.2, -0.15) is 0 Å². The number of hydrogen-bond acceptors (Lipinski definition) is 5. The molecule has 1 saturated carbocycles. The smallest absolute Gasteiger partial charge is 0.239 e. The minimum Gasteiger partial charge on any atom is -0.352 e. The number of amides is 2. The number of carbonyl (C=O) groups is 2. The van der Waals surface area contributed by atoms with Crippen molar-refractivity contribution in [3.8, 4) is 17.1 Å². The molecule has 3 aromatic rings. The molecule has 1 N–H and O–H groups in total. The summed E-state index contributed by atoms with van der Waals surface area (Å²) < 4.78 is 1.97. The lowest BCUT2D eigenvalue weighted by Crippen LogP contribution is -2.39. The highest BCUT2D eigenvalue weighted by molar-refractivity contribution is 7.99. The van der Waals surface area contributed by atoms with Crippen molar-refractivity contribution >= 4 is 23.6 Å². The molecule has 1 aliphatic rings. The number of thioether (sulfide) groups is 1. The van der Waals surface area contributed by atoms with Crippen LogP contribution in [0.3, 0.4) is 0 Å². The first-order chi connectivity index (χ1) is 15.4. The van der Waals surface area contributed by atoms with Crippen molar-refractivity contribution in [1.82, 2.24) is 25.0 Å². The number of aryl methyl sites for hydroxylation is 2. The molecule has 0 atom stereocenters. The van der Waals surface area contributed by atoms with Gasteiger partial charge in [-0.3, -0.25) is 14.2 Å². The SMILES string of the molecule is Cc1ccc(-c2nnc(SCC(=O)N(C)CC(=O)NC3CC3)n2-c2ccc(C)cc2)cc1. The third kappa shape index (κ3) is 5.37. The Morgan fingerprint density at radius 2 is 1.66 bits per heavy atom. The fraction of sp³-hybridized carbons (Fsp3) is 0.333. The van der Waals surface area contributed by atoms with Crippen LogP contribution in [0.15, 0.2) is 53.7 Å². The average molecular weight is 450 g/mol. The van der Waals surface area contributed by atoms with Crippen molar-refractivity contribution in [3.63, 3.8) is 0 Å². The zero-order chi connectivity index (χ0) is 22.7. The van der Waals surface area contributed by atoms with Gasteiger partial charge >= 0.3 is 0 Å². The first-order valence-electron chi connectivity index (χ1n) is 10.7. The van der Waals surface area contributed by atoms with E-state index in [1.54, 1.807) is 7.05 Å². The van der Waals surface area contributed by atoms with Crippen LogP contribution in [0.1, 0.15) is 24.0 Å².